The van der Waals surface area contributed by atoms with E-state index in [2.05, 4.69) is 18.2 Å². The molecule has 2 nitrogen and oxygen atoms in total. The molecule has 1 saturated heterocycles. The summed E-state index contributed by atoms with van der Waals surface area (Å²) < 4.78 is 11.0. The van der Waals surface area contributed by atoms with Gasteiger partial charge in [0.1, 0.15) is 5.75 Å². The molecule has 0 bridgehead atoms. The third-order valence-corrected chi connectivity index (χ3v) is 4.25. The molecule has 0 aromatic heterocycles. The summed E-state index contributed by atoms with van der Waals surface area (Å²) in [4.78, 5) is 0. The van der Waals surface area contributed by atoms with Crippen LogP contribution in [0.25, 0.3) is 0 Å². The van der Waals surface area contributed by atoms with Crippen molar-refractivity contribution in [2.45, 2.75) is 24.6 Å². The van der Waals surface area contributed by atoms with Crippen molar-refractivity contribution in [1.82, 2.24) is 0 Å². The van der Waals surface area contributed by atoms with Crippen LogP contribution >= 0.6 is 11.6 Å². The number of benzene rings is 1. The Morgan fingerprint density at radius 1 is 1.29 bits per heavy atom. The van der Waals surface area contributed by atoms with E-state index in [0.29, 0.717) is 5.92 Å². The first-order chi connectivity index (χ1) is 8.34. The largest absolute Gasteiger partial charge is 0.493 e. The fourth-order valence-corrected chi connectivity index (χ4v) is 2.98. The Balaban J connectivity index is 1.78. The van der Waals surface area contributed by atoms with Gasteiger partial charge in [0.05, 0.1) is 18.6 Å². The normalized spacial score (nSPS) is 25.1. The van der Waals surface area contributed by atoms with E-state index in [1.807, 2.05) is 0 Å². The molecule has 2 aliphatic heterocycles. The van der Waals surface area contributed by atoms with Gasteiger partial charge in [0.25, 0.3) is 0 Å². The molecule has 2 heterocycles. The van der Waals surface area contributed by atoms with Crippen molar-refractivity contribution in [3.05, 3.63) is 29.3 Å². The summed E-state index contributed by atoms with van der Waals surface area (Å²) >= 11 is 6.57. The second-order valence-electron chi connectivity index (χ2n) is 4.84. The monoisotopic (exact) mass is 252 g/mol. The van der Waals surface area contributed by atoms with E-state index in [1.54, 1.807) is 0 Å². The minimum absolute atomic E-state index is 0.0706. The minimum Gasteiger partial charge on any atom is -0.493 e. The molecule has 2 aliphatic rings. The number of halogens is 1. The molecule has 0 amide bonds. The van der Waals surface area contributed by atoms with Gasteiger partial charge in [0.2, 0.25) is 0 Å². The molecule has 1 aromatic rings. The molecule has 3 rings (SSSR count). The molecular formula is C14H17ClO2. The average molecular weight is 253 g/mol. The lowest BCUT2D eigenvalue weighted by molar-refractivity contribution is 0.0531. The smallest absolute Gasteiger partial charge is 0.122 e. The lowest BCUT2D eigenvalue weighted by Gasteiger charge is -2.26. The number of rotatable bonds is 2. The van der Waals surface area contributed by atoms with Crippen LogP contribution in [0.2, 0.25) is 0 Å². The van der Waals surface area contributed by atoms with Gasteiger partial charge in [-0.15, -0.1) is 11.6 Å². The van der Waals surface area contributed by atoms with Crippen LogP contribution < -0.4 is 4.74 Å². The minimum atomic E-state index is 0.0706. The molecule has 2 atom stereocenters. The molecule has 92 valence electrons. The highest BCUT2D eigenvalue weighted by molar-refractivity contribution is 6.21. The summed E-state index contributed by atoms with van der Waals surface area (Å²) in [6.45, 7) is 2.48. The van der Waals surface area contributed by atoms with E-state index in [1.165, 1.54) is 17.5 Å². The highest BCUT2D eigenvalue weighted by Crippen LogP contribution is 2.37. The van der Waals surface area contributed by atoms with Gasteiger partial charge in [-0.1, -0.05) is 12.1 Å². The first kappa shape index (κ1) is 11.4. The van der Waals surface area contributed by atoms with E-state index in [9.17, 15) is 0 Å². The van der Waals surface area contributed by atoms with Crippen molar-refractivity contribution in [3.63, 3.8) is 0 Å². The maximum atomic E-state index is 6.57. The first-order valence-electron chi connectivity index (χ1n) is 6.32. The third kappa shape index (κ3) is 2.29. The number of hydrogen-bond donors (Lipinski definition) is 0. The lowest BCUT2D eigenvalue weighted by Crippen LogP contribution is -2.21. The second kappa shape index (κ2) is 4.87. The van der Waals surface area contributed by atoms with Crippen LogP contribution in [0.5, 0.6) is 5.75 Å². The summed E-state index contributed by atoms with van der Waals surface area (Å²) in [5.74, 6) is 1.48. The molecule has 0 spiro atoms. The average Bonchev–Trinajstić information content (AvgIpc) is 2.86. The van der Waals surface area contributed by atoms with Crippen LogP contribution in [-0.2, 0) is 11.2 Å². The van der Waals surface area contributed by atoms with Gasteiger partial charge in [-0.05, 0) is 30.0 Å². The number of fused-ring (bicyclic) bond motifs is 1. The highest BCUT2D eigenvalue weighted by atomic mass is 35.5. The predicted molar refractivity (Wildman–Crippen MR) is 67.8 cm³/mol. The Labute approximate surface area is 107 Å². The van der Waals surface area contributed by atoms with Crippen LogP contribution in [0.15, 0.2) is 18.2 Å². The molecule has 3 heteroatoms. The number of alkyl halides is 1. The van der Waals surface area contributed by atoms with Gasteiger partial charge in [-0.25, -0.2) is 0 Å². The van der Waals surface area contributed by atoms with Crippen LogP contribution in [-0.4, -0.2) is 19.8 Å². The quantitative estimate of drug-likeness (QED) is 0.752. The van der Waals surface area contributed by atoms with Gasteiger partial charge in [-0.3, -0.25) is 0 Å². The summed E-state index contributed by atoms with van der Waals surface area (Å²) in [5.41, 5.74) is 2.51. The zero-order valence-electron chi connectivity index (χ0n) is 9.82. The van der Waals surface area contributed by atoms with Gasteiger partial charge in [0, 0.05) is 18.9 Å². The molecule has 0 radical (unpaired) electrons. The van der Waals surface area contributed by atoms with Crippen molar-refractivity contribution < 1.29 is 9.47 Å². The summed E-state index contributed by atoms with van der Waals surface area (Å²) in [6, 6.07) is 6.35. The molecule has 1 fully saturated rings. The lowest BCUT2D eigenvalue weighted by atomic mass is 9.92. The SMILES string of the molecule is ClC(c1ccc2c(c1)CCO2)C1CCCOC1. The molecule has 2 unspecified atom stereocenters. The maximum absolute atomic E-state index is 6.57. The fourth-order valence-electron chi connectivity index (χ4n) is 2.65. The first-order valence-corrected chi connectivity index (χ1v) is 6.75. The van der Waals surface area contributed by atoms with Crippen LogP contribution in [0.1, 0.15) is 29.3 Å². The second-order valence-corrected chi connectivity index (χ2v) is 5.31. The highest BCUT2D eigenvalue weighted by Gasteiger charge is 2.25. The summed E-state index contributed by atoms with van der Waals surface area (Å²) in [6.07, 6.45) is 3.30. The molecule has 17 heavy (non-hydrogen) atoms. The predicted octanol–water partition coefficient (Wildman–Crippen LogP) is 3.33. The van der Waals surface area contributed by atoms with Gasteiger partial charge >= 0.3 is 0 Å². The Hall–Kier alpha value is -0.730. The summed E-state index contributed by atoms with van der Waals surface area (Å²) in [7, 11) is 0. The van der Waals surface area contributed by atoms with E-state index in [0.717, 1.165) is 38.4 Å². The third-order valence-electron chi connectivity index (χ3n) is 3.64. The van der Waals surface area contributed by atoms with E-state index < -0.39 is 0 Å². The van der Waals surface area contributed by atoms with Gasteiger partial charge < -0.3 is 9.47 Å². The Kier molecular flexibility index (Phi) is 3.26. The fraction of sp³-hybridized carbons (Fsp3) is 0.571. The van der Waals surface area contributed by atoms with Crippen LogP contribution in [0.4, 0.5) is 0 Å². The van der Waals surface area contributed by atoms with Crippen molar-refractivity contribution in [2.75, 3.05) is 19.8 Å². The zero-order valence-corrected chi connectivity index (χ0v) is 10.6. The standard InChI is InChI=1S/C14H17ClO2/c15-14(12-2-1-6-16-9-12)11-3-4-13-10(8-11)5-7-17-13/h3-4,8,12,14H,1-2,5-7,9H2. The number of ether oxygens (including phenoxy) is 2. The molecule has 1 aromatic carbocycles. The Morgan fingerprint density at radius 3 is 3.06 bits per heavy atom. The van der Waals surface area contributed by atoms with Crippen molar-refractivity contribution in [3.8, 4) is 5.75 Å². The van der Waals surface area contributed by atoms with Crippen molar-refractivity contribution in [1.29, 1.82) is 0 Å². The van der Waals surface area contributed by atoms with Gasteiger partial charge in [0.15, 0.2) is 0 Å². The molecular weight excluding hydrogens is 236 g/mol. The zero-order chi connectivity index (χ0) is 11.7. The topological polar surface area (TPSA) is 18.5 Å². The van der Waals surface area contributed by atoms with E-state index in [4.69, 9.17) is 21.1 Å². The molecule has 0 saturated carbocycles. The van der Waals surface area contributed by atoms with E-state index >= 15 is 0 Å². The Bertz CT molecular complexity index is 399. The van der Waals surface area contributed by atoms with Crippen LogP contribution in [0, 0.1) is 5.92 Å². The maximum Gasteiger partial charge on any atom is 0.122 e. The Morgan fingerprint density at radius 2 is 2.24 bits per heavy atom. The van der Waals surface area contributed by atoms with Crippen molar-refractivity contribution in [2.24, 2.45) is 5.92 Å². The molecule has 0 aliphatic carbocycles. The van der Waals surface area contributed by atoms with Gasteiger partial charge in [-0.2, -0.15) is 0 Å². The molecule has 0 N–H and O–H groups in total. The summed E-state index contributed by atoms with van der Waals surface area (Å²) in [5, 5.41) is 0.0706. The van der Waals surface area contributed by atoms with Crippen molar-refractivity contribution >= 4 is 11.6 Å². The van der Waals surface area contributed by atoms with E-state index in [-0.39, 0.29) is 5.38 Å². The van der Waals surface area contributed by atoms with Crippen LogP contribution in [0.3, 0.4) is 0 Å². The number of hydrogen-bond acceptors (Lipinski definition) is 2.